The van der Waals surface area contributed by atoms with E-state index in [9.17, 15) is 14.9 Å². The van der Waals surface area contributed by atoms with Crippen LogP contribution in [0.5, 0.6) is 0 Å². The lowest BCUT2D eigenvalue weighted by atomic mass is 10.0. The van der Waals surface area contributed by atoms with E-state index < -0.39 is 11.0 Å². The molecule has 1 atom stereocenters. The third kappa shape index (κ3) is 5.30. The molecule has 8 nitrogen and oxygen atoms in total. The van der Waals surface area contributed by atoms with Crippen molar-refractivity contribution in [2.75, 3.05) is 36.4 Å². The van der Waals surface area contributed by atoms with E-state index in [2.05, 4.69) is 20.1 Å². The minimum Gasteiger partial charge on any atom is -0.354 e. The van der Waals surface area contributed by atoms with Gasteiger partial charge < -0.3 is 10.2 Å². The van der Waals surface area contributed by atoms with Gasteiger partial charge in [-0.1, -0.05) is 48.0 Å². The lowest BCUT2D eigenvalue weighted by molar-refractivity contribution is -0.384. The van der Waals surface area contributed by atoms with Crippen LogP contribution in [0.15, 0.2) is 66.9 Å². The van der Waals surface area contributed by atoms with E-state index in [-0.39, 0.29) is 17.3 Å². The molecule has 1 aliphatic heterocycles. The maximum atomic E-state index is 13.4. The fourth-order valence-corrected chi connectivity index (χ4v) is 4.14. The predicted molar refractivity (Wildman–Crippen MR) is 129 cm³/mol. The Hall–Kier alpha value is -3.49. The average molecular weight is 466 g/mol. The van der Waals surface area contributed by atoms with Crippen molar-refractivity contribution >= 4 is 34.7 Å². The number of aryl methyl sites for hydroxylation is 1. The summed E-state index contributed by atoms with van der Waals surface area (Å²) in [5.74, 6) is 0.543. The summed E-state index contributed by atoms with van der Waals surface area (Å²) in [6.45, 7) is 4.42. The molecule has 4 rings (SSSR count). The van der Waals surface area contributed by atoms with Gasteiger partial charge in [0.25, 0.3) is 5.69 Å². The van der Waals surface area contributed by atoms with Crippen LogP contribution in [0.1, 0.15) is 17.2 Å². The van der Waals surface area contributed by atoms with Crippen LogP contribution in [0.4, 0.5) is 17.2 Å². The van der Waals surface area contributed by atoms with Crippen molar-refractivity contribution in [3.63, 3.8) is 0 Å². The molecule has 2 aromatic carbocycles. The Labute approximate surface area is 197 Å². The van der Waals surface area contributed by atoms with Gasteiger partial charge in [-0.2, -0.15) is 0 Å². The number of anilines is 2. The van der Waals surface area contributed by atoms with Crippen molar-refractivity contribution in [1.29, 1.82) is 0 Å². The third-order valence-electron chi connectivity index (χ3n) is 5.69. The van der Waals surface area contributed by atoms with Crippen LogP contribution >= 0.6 is 11.6 Å². The van der Waals surface area contributed by atoms with Gasteiger partial charge in [0.15, 0.2) is 0 Å². The summed E-state index contributed by atoms with van der Waals surface area (Å²) >= 11 is 5.95. The molecule has 1 saturated heterocycles. The minimum absolute atomic E-state index is 0.117. The number of carbonyl (C=O) groups is 1. The zero-order chi connectivity index (χ0) is 23.4. The van der Waals surface area contributed by atoms with Crippen LogP contribution < -0.4 is 10.2 Å². The molecule has 1 aliphatic rings. The number of pyridine rings is 1. The van der Waals surface area contributed by atoms with Crippen molar-refractivity contribution in [3.05, 3.63) is 93.1 Å². The summed E-state index contributed by atoms with van der Waals surface area (Å²) in [7, 11) is 0. The Kier molecular flexibility index (Phi) is 6.86. The monoisotopic (exact) mass is 465 g/mol. The lowest BCUT2D eigenvalue weighted by Crippen LogP contribution is -2.50. The number of benzene rings is 2. The minimum atomic E-state index is -0.576. The van der Waals surface area contributed by atoms with Crippen molar-refractivity contribution in [2.24, 2.45) is 0 Å². The number of piperazine rings is 1. The molecular formula is C24H24ClN5O3. The Morgan fingerprint density at radius 3 is 2.45 bits per heavy atom. The highest BCUT2D eigenvalue weighted by molar-refractivity contribution is 6.30. The molecule has 1 aromatic heterocycles. The summed E-state index contributed by atoms with van der Waals surface area (Å²) in [6.07, 6.45) is 1.62. The maximum absolute atomic E-state index is 13.4. The second kappa shape index (κ2) is 9.97. The van der Waals surface area contributed by atoms with E-state index in [1.54, 1.807) is 25.3 Å². The summed E-state index contributed by atoms with van der Waals surface area (Å²) in [4.78, 5) is 33.1. The molecule has 1 amide bonds. The molecule has 0 spiro atoms. The molecule has 2 heterocycles. The SMILES string of the molecule is Cc1ccc(NC(=O)C(c2ccccc2)N2CCN(c3ccc(Cl)cn3)CC2)c([N+](=O)[O-])c1. The second-order valence-electron chi connectivity index (χ2n) is 7.94. The molecule has 170 valence electrons. The molecule has 9 heteroatoms. The second-order valence-corrected chi connectivity index (χ2v) is 8.37. The van der Waals surface area contributed by atoms with Crippen molar-refractivity contribution in [1.82, 2.24) is 9.88 Å². The summed E-state index contributed by atoms with van der Waals surface area (Å²) in [5.41, 5.74) is 1.67. The number of hydrogen-bond donors (Lipinski definition) is 1. The largest absolute Gasteiger partial charge is 0.354 e. The molecule has 1 N–H and O–H groups in total. The molecule has 1 fully saturated rings. The standard InChI is InChI=1S/C24H24ClN5O3/c1-17-7-9-20(21(15-17)30(32)33)27-24(31)23(18-5-3-2-4-6-18)29-13-11-28(12-14-29)22-10-8-19(25)16-26-22/h2-10,15-16,23H,11-14H2,1H3,(H,27,31). The van der Waals surface area contributed by atoms with Crippen LogP contribution in [0.2, 0.25) is 5.02 Å². The number of carbonyl (C=O) groups excluding carboxylic acids is 1. The first-order valence-electron chi connectivity index (χ1n) is 10.6. The number of nitrogens with one attached hydrogen (secondary N) is 1. The van der Waals surface area contributed by atoms with Gasteiger partial charge in [-0.15, -0.1) is 0 Å². The molecule has 1 unspecified atom stereocenters. The predicted octanol–water partition coefficient (Wildman–Crippen LogP) is 4.45. The zero-order valence-electron chi connectivity index (χ0n) is 18.1. The fraction of sp³-hybridized carbons (Fsp3) is 0.250. The van der Waals surface area contributed by atoms with Crippen molar-refractivity contribution in [2.45, 2.75) is 13.0 Å². The fourth-order valence-electron chi connectivity index (χ4n) is 4.03. The van der Waals surface area contributed by atoms with Gasteiger partial charge in [-0.05, 0) is 36.2 Å². The van der Waals surface area contributed by atoms with E-state index in [0.29, 0.717) is 31.2 Å². The number of nitrogens with zero attached hydrogens (tertiary/aromatic N) is 4. The number of aromatic nitrogens is 1. The van der Waals surface area contributed by atoms with Crippen molar-refractivity contribution in [3.8, 4) is 0 Å². The highest BCUT2D eigenvalue weighted by atomic mass is 35.5. The summed E-state index contributed by atoms with van der Waals surface area (Å²) in [6, 6.07) is 17.4. The summed E-state index contributed by atoms with van der Waals surface area (Å²) < 4.78 is 0. The van der Waals surface area contributed by atoms with E-state index in [1.165, 1.54) is 6.07 Å². The Balaban J connectivity index is 1.55. The van der Waals surface area contributed by atoms with Crippen LogP contribution in [0.3, 0.4) is 0 Å². The average Bonchev–Trinajstić information content (AvgIpc) is 2.82. The number of nitro groups is 1. The molecule has 3 aromatic rings. The third-order valence-corrected chi connectivity index (χ3v) is 5.91. The molecule has 0 bridgehead atoms. The maximum Gasteiger partial charge on any atom is 0.293 e. The summed E-state index contributed by atoms with van der Waals surface area (Å²) in [5, 5.41) is 14.9. The number of hydrogen-bond acceptors (Lipinski definition) is 6. The van der Waals surface area contributed by atoms with E-state index in [4.69, 9.17) is 11.6 Å². The molecule has 0 aliphatic carbocycles. The van der Waals surface area contributed by atoms with E-state index >= 15 is 0 Å². The highest BCUT2D eigenvalue weighted by Crippen LogP contribution is 2.29. The topological polar surface area (TPSA) is 91.6 Å². The van der Waals surface area contributed by atoms with E-state index in [0.717, 1.165) is 16.9 Å². The smallest absolute Gasteiger partial charge is 0.293 e. The van der Waals surface area contributed by atoms with Gasteiger partial charge in [0.1, 0.15) is 17.5 Å². The zero-order valence-corrected chi connectivity index (χ0v) is 18.9. The van der Waals surface area contributed by atoms with Gasteiger partial charge in [0, 0.05) is 38.4 Å². The number of amides is 1. The van der Waals surface area contributed by atoms with Gasteiger partial charge in [0.05, 0.1) is 9.95 Å². The molecule has 0 saturated carbocycles. The number of nitro benzene ring substituents is 1. The van der Waals surface area contributed by atoms with Crippen LogP contribution in [0, 0.1) is 17.0 Å². The lowest BCUT2D eigenvalue weighted by Gasteiger charge is -2.39. The van der Waals surface area contributed by atoms with Gasteiger partial charge in [-0.25, -0.2) is 4.98 Å². The quantitative estimate of drug-likeness (QED) is 0.427. The Morgan fingerprint density at radius 1 is 1.09 bits per heavy atom. The molecule has 33 heavy (non-hydrogen) atoms. The van der Waals surface area contributed by atoms with Gasteiger partial charge >= 0.3 is 0 Å². The van der Waals surface area contributed by atoms with Crippen LogP contribution in [0.25, 0.3) is 0 Å². The van der Waals surface area contributed by atoms with Crippen LogP contribution in [-0.2, 0) is 4.79 Å². The number of rotatable bonds is 6. The highest BCUT2D eigenvalue weighted by Gasteiger charge is 2.32. The Morgan fingerprint density at radius 2 is 1.82 bits per heavy atom. The number of halogens is 1. The van der Waals surface area contributed by atoms with Crippen molar-refractivity contribution < 1.29 is 9.72 Å². The first-order valence-corrected chi connectivity index (χ1v) is 11.0. The Bertz CT molecular complexity index is 1130. The molecule has 0 radical (unpaired) electrons. The first-order chi connectivity index (χ1) is 15.9. The van der Waals surface area contributed by atoms with E-state index in [1.807, 2.05) is 42.5 Å². The first kappa shape index (κ1) is 22.7. The molecular weight excluding hydrogens is 442 g/mol. The van der Waals surface area contributed by atoms with Crippen LogP contribution in [-0.4, -0.2) is 46.9 Å². The normalized spacial score (nSPS) is 15.2. The van der Waals surface area contributed by atoms with Gasteiger partial charge in [0.2, 0.25) is 5.91 Å². The van der Waals surface area contributed by atoms with Gasteiger partial charge in [-0.3, -0.25) is 19.8 Å².